The van der Waals surface area contributed by atoms with E-state index >= 15 is 0 Å². The van der Waals surface area contributed by atoms with Gasteiger partial charge < -0.3 is 19.3 Å². The quantitative estimate of drug-likeness (QED) is 0.478. The summed E-state index contributed by atoms with van der Waals surface area (Å²) in [6.07, 6.45) is 1.39. The van der Waals surface area contributed by atoms with Crippen LogP contribution < -0.4 is 9.47 Å². The third kappa shape index (κ3) is 5.19. The molecule has 1 aliphatic heterocycles. The van der Waals surface area contributed by atoms with E-state index in [1.54, 1.807) is 18.2 Å². The van der Waals surface area contributed by atoms with Crippen LogP contribution in [0.1, 0.15) is 28.8 Å². The summed E-state index contributed by atoms with van der Waals surface area (Å²) in [5.41, 5.74) is 0.260. The fraction of sp³-hybridized carbons (Fsp3) is 0.409. The van der Waals surface area contributed by atoms with Crippen molar-refractivity contribution in [3.05, 3.63) is 57.6 Å². The van der Waals surface area contributed by atoms with Gasteiger partial charge in [-0.3, -0.25) is 4.90 Å². The van der Waals surface area contributed by atoms with Crippen LogP contribution in [0.5, 0.6) is 11.5 Å². The average molecular weight is 454 g/mol. The molecule has 2 aromatic carbocycles. The molecular formula is C22H25Cl2NO5. The number of likely N-dealkylation sites (tertiary alicyclic amines) is 1. The summed E-state index contributed by atoms with van der Waals surface area (Å²) in [6.45, 7) is 2.50. The number of hydrogen-bond acceptors (Lipinski definition) is 6. The fourth-order valence-corrected chi connectivity index (χ4v) is 3.97. The highest BCUT2D eigenvalue weighted by Crippen LogP contribution is 2.34. The van der Waals surface area contributed by atoms with E-state index in [0.717, 1.165) is 25.1 Å². The average Bonchev–Trinajstić information content (AvgIpc) is 3.13. The third-order valence-corrected chi connectivity index (χ3v) is 5.79. The molecule has 1 unspecified atom stereocenters. The minimum Gasteiger partial charge on any atom is -0.495 e. The summed E-state index contributed by atoms with van der Waals surface area (Å²) in [4.78, 5) is 14.2. The number of esters is 1. The first-order chi connectivity index (χ1) is 14.4. The Bertz CT molecular complexity index is 890. The van der Waals surface area contributed by atoms with Gasteiger partial charge in [-0.05, 0) is 36.6 Å². The zero-order valence-electron chi connectivity index (χ0n) is 17.0. The smallest absolute Gasteiger partial charge is 0.341 e. The van der Waals surface area contributed by atoms with E-state index in [0.29, 0.717) is 41.1 Å². The summed E-state index contributed by atoms with van der Waals surface area (Å²) in [6, 6.07) is 10.4. The molecule has 1 N–H and O–H groups in total. The number of carbonyl (C=O) groups is 1. The molecule has 0 aliphatic carbocycles. The maximum absolute atomic E-state index is 12.0. The number of aliphatic hydroxyl groups is 1. The Morgan fingerprint density at radius 1 is 1.17 bits per heavy atom. The van der Waals surface area contributed by atoms with Crippen molar-refractivity contribution >= 4 is 29.2 Å². The highest BCUT2D eigenvalue weighted by atomic mass is 35.5. The SMILES string of the molecule is COC(=O)c1cc(Cl)c(OC)cc1OCCCN1CCC(O)(c2ccc(Cl)cc2)C1. The number of β-amino-alcohol motifs (C(OH)–C–C–N with tert-alkyl or cyclic N) is 1. The van der Waals surface area contributed by atoms with Crippen molar-refractivity contribution in [3.8, 4) is 11.5 Å². The summed E-state index contributed by atoms with van der Waals surface area (Å²) in [7, 11) is 2.80. The normalized spacial score (nSPS) is 19.0. The molecule has 0 amide bonds. The lowest BCUT2D eigenvalue weighted by Crippen LogP contribution is -2.31. The van der Waals surface area contributed by atoms with E-state index in [1.165, 1.54) is 20.3 Å². The molecule has 2 aromatic rings. The lowest BCUT2D eigenvalue weighted by Gasteiger charge is -2.24. The van der Waals surface area contributed by atoms with Gasteiger partial charge in [-0.2, -0.15) is 0 Å². The predicted octanol–water partition coefficient (Wildman–Crippen LogP) is 4.15. The molecule has 1 aliphatic rings. The van der Waals surface area contributed by atoms with Crippen molar-refractivity contribution in [2.75, 3.05) is 40.5 Å². The van der Waals surface area contributed by atoms with Crippen molar-refractivity contribution in [2.24, 2.45) is 0 Å². The van der Waals surface area contributed by atoms with E-state index in [1.807, 2.05) is 12.1 Å². The van der Waals surface area contributed by atoms with Gasteiger partial charge in [0, 0.05) is 30.7 Å². The Morgan fingerprint density at radius 3 is 2.57 bits per heavy atom. The van der Waals surface area contributed by atoms with Crippen molar-refractivity contribution < 1.29 is 24.1 Å². The molecule has 0 radical (unpaired) electrons. The van der Waals surface area contributed by atoms with Crippen LogP contribution in [0.15, 0.2) is 36.4 Å². The summed E-state index contributed by atoms with van der Waals surface area (Å²) < 4.78 is 15.8. The fourth-order valence-electron chi connectivity index (χ4n) is 3.61. The van der Waals surface area contributed by atoms with Gasteiger partial charge in [0.05, 0.1) is 25.8 Å². The second-order valence-electron chi connectivity index (χ2n) is 7.24. The number of ether oxygens (including phenoxy) is 3. The molecule has 30 heavy (non-hydrogen) atoms. The zero-order valence-corrected chi connectivity index (χ0v) is 18.5. The van der Waals surface area contributed by atoms with Gasteiger partial charge in [0.1, 0.15) is 22.7 Å². The maximum atomic E-state index is 12.0. The second kappa shape index (κ2) is 9.88. The molecule has 0 saturated carbocycles. The van der Waals surface area contributed by atoms with E-state index in [2.05, 4.69) is 4.90 Å². The van der Waals surface area contributed by atoms with Gasteiger partial charge in [0.25, 0.3) is 0 Å². The number of carbonyl (C=O) groups excluding carboxylic acids is 1. The number of halogens is 2. The number of rotatable bonds is 8. The van der Waals surface area contributed by atoms with Crippen LogP contribution in [-0.4, -0.2) is 56.4 Å². The molecule has 0 spiro atoms. The van der Waals surface area contributed by atoms with Crippen molar-refractivity contribution in [2.45, 2.75) is 18.4 Å². The van der Waals surface area contributed by atoms with Gasteiger partial charge >= 0.3 is 5.97 Å². The van der Waals surface area contributed by atoms with Gasteiger partial charge in [0.15, 0.2) is 0 Å². The van der Waals surface area contributed by atoms with E-state index in [4.69, 9.17) is 37.4 Å². The van der Waals surface area contributed by atoms with Crippen LogP contribution in [-0.2, 0) is 10.3 Å². The topological polar surface area (TPSA) is 68.2 Å². The number of hydrogen-bond donors (Lipinski definition) is 1. The number of methoxy groups -OCH3 is 2. The highest BCUT2D eigenvalue weighted by molar-refractivity contribution is 6.32. The number of nitrogens with zero attached hydrogens (tertiary/aromatic N) is 1. The van der Waals surface area contributed by atoms with Crippen LogP contribution in [0.2, 0.25) is 10.0 Å². The van der Waals surface area contributed by atoms with Gasteiger partial charge in [0.2, 0.25) is 0 Å². The monoisotopic (exact) mass is 453 g/mol. The Morgan fingerprint density at radius 2 is 1.90 bits per heavy atom. The largest absolute Gasteiger partial charge is 0.495 e. The summed E-state index contributed by atoms with van der Waals surface area (Å²) >= 11 is 12.1. The van der Waals surface area contributed by atoms with Crippen molar-refractivity contribution in [3.63, 3.8) is 0 Å². The minimum atomic E-state index is -0.868. The molecule has 1 heterocycles. The Hall–Kier alpha value is -1.99. The van der Waals surface area contributed by atoms with Gasteiger partial charge in [-0.15, -0.1) is 0 Å². The van der Waals surface area contributed by atoms with Crippen molar-refractivity contribution in [1.29, 1.82) is 0 Å². The Kier molecular flexibility index (Phi) is 7.47. The molecule has 1 saturated heterocycles. The van der Waals surface area contributed by atoms with E-state index in [9.17, 15) is 9.90 Å². The summed E-state index contributed by atoms with van der Waals surface area (Å²) in [5.74, 6) is 0.260. The maximum Gasteiger partial charge on any atom is 0.341 e. The third-order valence-electron chi connectivity index (χ3n) is 5.24. The van der Waals surface area contributed by atoms with Gasteiger partial charge in [-0.25, -0.2) is 4.79 Å². The first kappa shape index (κ1) is 22.7. The lowest BCUT2D eigenvalue weighted by molar-refractivity contribution is 0.0455. The van der Waals surface area contributed by atoms with Crippen LogP contribution in [0.3, 0.4) is 0 Å². The van der Waals surface area contributed by atoms with Crippen LogP contribution in [0, 0.1) is 0 Å². The standard InChI is InChI=1S/C22H25Cl2NO5/c1-28-20-13-19(17(12-18(20)24)21(26)29-2)30-11-3-9-25-10-8-22(27,14-25)15-4-6-16(23)7-5-15/h4-7,12-13,27H,3,8-11,14H2,1-2H3. The molecule has 1 atom stereocenters. The Labute approximate surface area is 186 Å². The molecule has 6 nitrogen and oxygen atoms in total. The van der Waals surface area contributed by atoms with Gasteiger partial charge in [-0.1, -0.05) is 35.3 Å². The van der Waals surface area contributed by atoms with Crippen molar-refractivity contribution in [1.82, 2.24) is 4.90 Å². The lowest BCUT2D eigenvalue weighted by atomic mass is 9.93. The second-order valence-corrected chi connectivity index (χ2v) is 8.08. The predicted molar refractivity (Wildman–Crippen MR) is 116 cm³/mol. The zero-order chi connectivity index (χ0) is 21.7. The minimum absolute atomic E-state index is 0.251. The van der Waals surface area contributed by atoms with E-state index < -0.39 is 11.6 Å². The Balaban J connectivity index is 1.55. The molecule has 162 valence electrons. The molecule has 1 fully saturated rings. The highest BCUT2D eigenvalue weighted by Gasteiger charge is 2.37. The molecule has 0 bridgehead atoms. The number of benzene rings is 2. The molecule has 0 aromatic heterocycles. The van der Waals surface area contributed by atoms with Crippen LogP contribution in [0.4, 0.5) is 0 Å². The molecule has 8 heteroatoms. The summed E-state index contributed by atoms with van der Waals surface area (Å²) in [5, 5.41) is 11.9. The van der Waals surface area contributed by atoms with Crippen LogP contribution in [0.25, 0.3) is 0 Å². The molecular weight excluding hydrogens is 429 g/mol. The van der Waals surface area contributed by atoms with E-state index in [-0.39, 0.29) is 5.56 Å². The van der Waals surface area contributed by atoms with Crippen LogP contribution >= 0.6 is 23.2 Å². The molecule has 3 rings (SSSR count). The first-order valence-corrected chi connectivity index (χ1v) is 10.4. The first-order valence-electron chi connectivity index (χ1n) is 9.66.